The summed E-state index contributed by atoms with van der Waals surface area (Å²) in [4.78, 5) is 37.8. The van der Waals surface area contributed by atoms with Crippen LogP contribution in [-0.2, 0) is 30.3 Å². The van der Waals surface area contributed by atoms with Crippen LogP contribution >= 0.6 is 18.9 Å². The maximum absolute atomic E-state index is 12.6. The van der Waals surface area contributed by atoms with E-state index in [9.17, 15) is 14.5 Å². The minimum Gasteiger partial charge on any atom is -0.382 e. The fourth-order valence-corrected chi connectivity index (χ4v) is 6.83. The fourth-order valence-electron chi connectivity index (χ4n) is 5.60. The van der Waals surface area contributed by atoms with Crippen molar-refractivity contribution in [2.75, 3.05) is 27.4 Å². The molecule has 10 nitrogen and oxygen atoms in total. The predicted molar refractivity (Wildman–Crippen MR) is 179 cm³/mol. The van der Waals surface area contributed by atoms with Gasteiger partial charge in [-0.15, -0.1) is 0 Å². The average molecular weight is 664 g/mol. The van der Waals surface area contributed by atoms with E-state index in [4.69, 9.17) is 42.5 Å². The molecule has 43 heavy (non-hydrogen) atoms. The number of nitrogens with one attached hydrogen (secondary N) is 2. The van der Waals surface area contributed by atoms with Crippen LogP contribution < -0.4 is 16.6 Å². The lowest BCUT2D eigenvalue weighted by molar-refractivity contribution is -0.0550. The van der Waals surface area contributed by atoms with Gasteiger partial charge in [0, 0.05) is 38.9 Å². The Morgan fingerprint density at radius 3 is 2.19 bits per heavy atom. The first-order valence-corrected chi connectivity index (χ1v) is 19.0. The van der Waals surface area contributed by atoms with Crippen molar-refractivity contribution in [3.63, 3.8) is 0 Å². The van der Waals surface area contributed by atoms with Crippen molar-refractivity contribution in [3.8, 4) is 0 Å². The third-order valence-corrected chi connectivity index (χ3v) is 9.98. The van der Waals surface area contributed by atoms with Gasteiger partial charge in [-0.25, -0.2) is 4.79 Å². The van der Waals surface area contributed by atoms with Crippen molar-refractivity contribution in [2.24, 2.45) is 5.92 Å². The Labute approximate surface area is 267 Å². The van der Waals surface area contributed by atoms with Crippen molar-refractivity contribution < 1.29 is 23.4 Å². The molecule has 2 heterocycles. The van der Waals surface area contributed by atoms with Gasteiger partial charge in [0.2, 0.25) is 0 Å². The second-order valence-corrected chi connectivity index (χ2v) is 14.8. The maximum Gasteiger partial charge on any atom is 0.330 e. The Morgan fingerprint density at radius 2 is 1.63 bits per heavy atom. The highest BCUT2D eigenvalue weighted by Gasteiger charge is 2.48. The molecule has 5 atom stereocenters. The summed E-state index contributed by atoms with van der Waals surface area (Å²) in [7, 11) is 2.82. The lowest BCUT2D eigenvalue weighted by atomic mass is 9.94. The molecule has 0 amide bonds. The summed E-state index contributed by atoms with van der Waals surface area (Å²) in [6.45, 7) is -0.452. The number of unbranched alkanes of at least 4 members (excludes halogenated alkanes) is 12. The third kappa shape index (κ3) is 14.8. The van der Waals surface area contributed by atoms with E-state index in [0.29, 0.717) is 19.4 Å². The molecule has 0 saturated carbocycles. The maximum atomic E-state index is 12.6. The lowest BCUT2D eigenvalue weighted by Gasteiger charge is -2.27. The molecule has 0 radical (unpaired) electrons. The second-order valence-electron chi connectivity index (χ2n) is 11.4. The van der Waals surface area contributed by atoms with Crippen LogP contribution in [0, 0.1) is 5.92 Å². The first kappa shape index (κ1) is 38.2. The van der Waals surface area contributed by atoms with Gasteiger partial charge in [-0.2, -0.15) is 0 Å². The number of aromatic amines is 1. The molecule has 1 aliphatic rings. The van der Waals surface area contributed by atoms with E-state index in [1.54, 1.807) is 0 Å². The van der Waals surface area contributed by atoms with E-state index in [1.807, 2.05) is 0 Å². The fraction of sp³-hybridized carbons (Fsp3) is 0.833. The number of methoxy groups -OCH3 is 1. The number of aromatic nitrogens is 2. The molecule has 2 rings (SSSR count). The zero-order valence-corrected chi connectivity index (χ0v) is 28.8. The Balaban J connectivity index is 1.76. The molecule has 1 aliphatic heterocycles. The molecular formula is C30H54N3O7PS2. The SMILES string of the molecule is CCCCCCCCCCCCCCCC(=S)NCCC[C@H]1C(OP(O)(=S)OC)[C@@H](COC)O[C@H]1n1ccc(=O)[nH]c1=O. The van der Waals surface area contributed by atoms with Crippen LogP contribution in [0.4, 0.5) is 0 Å². The summed E-state index contributed by atoms with van der Waals surface area (Å²) in [5.41, 5.74) is -1.09. The molecular weight excluding hydrogens is 609 g/mol. The van der Waals surface area contributed by atoms with Gasteiger partial charge in [-0.1, -0.05) is 96.2 Å². The molecule has 0 spiro atoms. The van der Waals surface area contributed by atoms with E-state index in [0.717, 1.165) is 17.8 Å². The molecule has 2 unspecified atom stereocenters. The summed E-state index contributed by atoms with van der Waals surface area (Å²) < 4.78 is 23.7. The Hall–Kier alpha value is -0.980. The molecule has 1 saturated heterocycles. The number of H-pyrrole nitrogens is 1. The van der Waals surface area contributed by atoms with Crippen LogP contribution in [0.1, 0.15) is 116 Å². The van der Waals surface area contributed by atoms with Crippen LogP contribution in [0.5, 0.6) is 0 Å². The molecule has 248 valence electrons. The van der Waals surface area contributed by atoms with E-state index in [-0.39, 0.29) is 12.5 Å². The van der Waals surface area contributed by atoms with Crippen LogP contribution in [0.3, 0.4) is 0 Å². The lowest BCUT2D eigenvalue weighted by Crippen LogP contribution is -2.36. The molecule has 1 fully saturated rings. The van der Waals surface area contributed by atoms with Gasteiger partial charge < -0.3 is 28.7 Å². The monoisotopic (exact) mass is 663 g/mol. The van der Waals surface area contributed by atoms with Gasteiger partial charge in [-0.3, -0.25) is 14.3 Å². The highest BCUT2D eigenvalue weighted by atomic mass is 32.5. The zero-order valence-electron chi connectivity index (χ0n) is 26.3. The number of ether oxygens (including phenoxy) is 2. The standard InChI is InChI=1S/C30H54N3O7PS2/c1-4-5-6-7-8-9-10-11-12-13-14-15-16-19-27(42)31-21-17-18-24-28(40-41(36,43)38-3)25(23-37-2)39-29(24)33-22-20-26(34)32-30(33)35/h20,22,24-25,28-29H,4-19,21,23H2,1-3H3,(H,31,42)(H,36,43)(H,32,34,35)/t24-,25+,28?,29+,41?/m0/s1. The molecule has 0 aliphatic carbocycles. The minimum atomic E-state index is -3.53. The van der Waals surface area contributed by atoms with Gasteiger partial charge in [0.25, 0.3) is 5.56 Å². The minimum absolute atomic E-state index is 0.163. The summed E-state index contributed by atoms with van der Waals surface area (Å²) in [6, 6.07) is 1.27. The van der Waals surface area contributed by atoms with Crippen LogP contribution in [0.2, 0.25) is 0 Å². The van der Waals surface area contributed by atoms with E-state index < -0.39 is 36.4 Å². The van der Waals surface area contributed by atoms with Crippen molar-refractivity contribution in [1.82, 2.24) is 14.9 Å². The molecule has 13 heteroatoms. The van der Waals surface area contributed by atoms with Gasteiger partial charge in [0.1, 0.15) is 18.4 Å². The Bertz CT molecular complexity index is 1090. The molecule has 1 aromatic rings. The van der Waals surface area contributed by atoms with Gasteiger partial charge in [0.05, 0.1) is 11.6 Å². The van der Waals surface area contributed by atoms with Crippen LogP contribution in [0.25, 0.3) is 0 Å². The molecule has 3 N–H and O–H groups in total. The third-order valence-electron chi connectivity index (χ3n) is 7.95. The van der Waals surface area contributed by atoms with Crippen LogP contribution in [0.15, 0.2) is 21.9 Å². The van der Waals surface area contributed by atoms with Crippen molar-refractivity contribution in [2.45, 2.75) is 128 Å². The summed E-state index contributed by atoms with van der Waals surface area (Å²) in [5, 5.41) is 3.36. The Morgan fingerprint density at radius 1 is 1.02 bits per heavy atom. The number of nitrogens with zero attached hydrogens (tertiary/aromatic N) is 1. The molecule has 0 aromatic carbocycles. The summed E-state index contributed by atoms with van der Waals surface area (Å²) in [5.74, 6) is -0.371. The second kappa shape index (κ2) is 21.7. The van der Waals surface area contributed by atoms with E-state index in [2.05, 4.69) is 17.2 Å². The van der Waals surface area contributed by atoms with Gasteiger partial charge in [-0.05, 0) is 37.5 Å². The topological polar surface area (TPSA) is 124 Å². The highest BCUT2D eigenvalue weighted by Crippen LogP contribution is 2.50. The first-order chi connectivity index (χ1) is 20.7. The number of thiocarbonyl (C=S) groups is 1. The van der Waals surface area contributed by atoms with Gasteiger partial charge in [0.15, 0.2) is 0 Å². The highest BCUT2D eigenvalue weighted by molar-refractivity contribution is 8.07. The first-order valence-electron chi connectivity index (χ1n) is 16.0. The van der Waals surface area contributed by atoms with Crippen molar-refractivity contribution >= 4 is 35.7 Å². The summed E-state index contributed by atoms with van der Waals surface area (Å²) >= 11 is 10.7. The molecule has 0 bridgehead atoms. The normalized spacial score (nSPS) is 21.6. The summed E-state index contributed by atoms with van der Waals surface area (Å²) in [6.07, 6.45) is 18.7. The van der Waals surface area contributed by atoms with E-state index >= 15 is 0 Å². The average Bonchev–Trinajstić information content (AvgIpc) is 3.29. The van der Waals surface area contributed by atoms with Crippen LogP contribution in [-0.4, -0.2) is 59.0 Å². The zero-order chi connectivity index (χ0) is 31.5. The quantitative estimate of drug-likeness (QED) is 0.0677. The van der Waals surface area contributed by atoms with Gasteiger partial charge >= 0.3 is 12.4 Å². The number of hydrogen-bond donors (Lipinski definition) is 3. The smallest absolute Gasteiger partial charge is 0.330 e. The Kier molecular flexibility index (Phi) is 19.3. The van der Waals surface area contributed by atoms with E-state index in [1.165, 1.54) is 108 Å². The van der Waals surface area contributed by atoms with Crippen molar-refractivity contribution in [1.29, 1.82) is 0 Å². The number of hydrogen-bond acceptors (Lipinski definition) is 8. The predicted octanol–water partition coefficient (Wildman–Crippen LogP) is 6.12. The van der Waals surface area contributed by atoms with Crippen molar-refractivity contribution in [3.05, 3.63) is 33.1 Å². The number of rotatable bonds is 24. The molecule has 1 aromatic heterocycles. The largest absolute Gasteiger partial charge is 0.382 e.